The number of hydrogen-bond acceptors (Lipinski definition) is 2. The molecule has 0 saturated heterocycles. The second-order valence-electron chi connectivity index (χ2n) is 7.15. The molecule has 1 aromatic carbocycles. The number of nitrogens with zero attached hydrogens (tertiary/aromatic N) is 2. The van der Waals surface area contributed by atoms with Gasteiger partial charge in [0.05, 0.1) is 0 Å². The quantitative estimate of drug-likeness (QED) is 0.775. The monoisotopic (exact) mass is 289 g/mol. The maximum Gasteiger partial charge on any atom is 0.195 e. The van der Waals surface area contributed by atoms with Crippen LogP contribution in [0.5, 0.6) is 0 Å². The number of hydrogen-bond donors (Lipinski definition) is 1. The van der Waals surface area contributed by atoms with Crippen molar-refractivity contribution >= 4 is 12.2 Å². The fraction of sp³-hybridized carbons (Fsp3) is 0.500. The molecule has 2 rings (SSSR count). The second kappa shape index (κ2) is 4.85. The van der Waals surface area contributed by atoms with Crippen LogP contribution in [-0.4, -0.2) is 14.8 Å². The predicted molar refractivity (Wildman–Crippen MR) is 86.5 cm³/mol. The minimum Gasteiger partial charge on any atom is -0.295 e. The molecule has 4 heteroatoms. The van der Waals surface area contributed by atoms with Crippen molar-refractivity contribution in [1.82, 2.24) is 14.8 Å². The zero-order valence-electron chi connectivity index (χ0n) is 13.1. The molecular formula is C16H23N3S. The third kappa shape index (κ3) is 2.70. The van der Waals surface area contributed by atoms with Gasteiger partial charge in [-0.05, 0) is 44.0 Å². The van der Waals surface area contributed by atoms with Crippen molar-refractivity contribution in [2.75, 3.05) is 0 Å². The van der Waals surface area contributed by atoms with Gasteiger partial charge in [-0.3, -0.25) is 9.67 Å². The van der Waals surface area contributed by atoms with Crippen molar-refractivity contribution in [2.24, 2.45) is 0 Å². The Morgan fingerprint density at radius 1 is 1.05 bits per heavy atom. The Morgan fingerprint density at radius 2 is 1.65 bits per heavy atom. The van der Waals surface area contributed by atoms with Crippen LogP contribution in [0.1, 0.15) is 47.1 Å². The summed E-state index contributed by atoms with van der Waals surface area (Å²) in [6.07, 6.45) is 0. The van der Waals surface area contributed by atoms with Gasteiger partial charge in [0, 0.05) is 11.1 Å². The third-order valence-corrected chi connectivity index (χ3v) is 3.59. The van der Waals surface area contributed by atoms with E-state index in [0.717, 1.165) is 11.4 Å². The van der Waals surface area contributed by atoms with Crippen molar-refractivity contribution in [3.8, 4) is 11.4 Å². The van der Waals surface area contributed by atoms with E-state index in [9.17, 15) is 0 Å². The molecule has 1 N–H and O–H groups in total. The van der Waals surface area contributed by atoms with E-state index < -0.39 is 0 Å². The van der Waals surface area contributed by atoms with Crippen molar-refractivity contribution in [1.29, 1.82) is 0 Å². The zero-order chi connectivity index (χ0) is 15.1. The van der Waals surface area contributed by atoms with E-state index in [1.807, 2.05) is 0 Å². The molecule has 0 aliphatic carbocycles. The molecule has 1 aromatic heterocycles. The molecule has 0 aliphatic heterocycles. The van der Waals surface area contributed by atoms with Crippen LogP contribution < -0.4 is 0 Å². The first-order valence-electron chi connectivity index (χ1n) is 6.90. The summed E-state index contributed by atoms with van der Waals surface area (Å²) in [6.45, 7) is 13.1. The lowest BCUT2D eigenvalue weighted by atomic mass is 9.83. The van der Waals surface area contributed by atoms with Gasteiger partial charge in [-0.15, -0.1) is 0 Å². The summed E-state index contributed by atoms with van der Waals surface area (Å²) in [6, 6.07) is 8.41. The molecule has 0 bridgehead atoms. The van der Waals surface area contributed by atoms with Crippen molar-refractivity contribution in [3.05, 3.63) is 34.6 Å². The summed E-state index contributed by atoms with van der Waals surface area (Å²) < 4.78 is 2.75. The Bertz CT molecular complexity index is 666. The van der Waals surface area contributed by atoms with Crippen LogP contribution in [0.25, 0.3) is 11.4 Å². The van der Waals surface area contributed by atoms with Gasteiger partial charge in [0.2, 0.25) is 0 Å². The molecule has 0 fully saturated rings. The number of nitrogens with one attached hydrogen (secondary N) is 1. The van der Waals surface area contributed by atoms with Crippen LogP contribution in [0, 0.1) is 4.77 Å². The number of benzene rings is 1. The van der Waals surface area contributed by atoms with E-state index in [-0.39, 0.29) is 11.0 Å². The molecule has 0 spiro atoms. The van der Waals surface area contributed by atoms with Gasteiger partial charge in [0.1, 0.15) is 0 Å². The van der Waals surface area contributed by atoms with Crippen LogP contribution >= 0.6 is 12.2 Å². The molecule has 0 unspecified atom stereocenters. The Kier molecular flexibility index (Phi) is 3.63. The Balaban J connectivity index is 2.75. The standard InChI is InChI=1S/C16H23N3S/c1-15(2,3)12-10-8-7-9-11(12)13-17-18-14(20)19(13)16(4,5)6/h7-10H,1-6H3,(H,18,20). The lowest BCUT2D eigenvalue weighted by molar-refractivity contribution is 0.395. The molecule has 0 atom stereocenters. The van der Waals surface area contributed by atoms with E-state index in [0.29, 0.717) is 4.77 Å². The zero-order valence-corrected chi connectivity index (χ0v) is 13.9. The molecular weight excluding hydrogens is 266 g/mol. The number of aromatic amines is 1. The number of H-pyrrole nitrogens is 1. The van der Waals surface area contributed by atoms with E-state index in [4.69, 9.17) is 12.2 Å². The SMILES string of the molecule is CC(C)(C)c1ccccc1-c1n[nH]c(=S)n1C(C)(C)C. The van der Waals surface area contributed by atoms with Gasteiger partial charge in [-0.2, -0.15) is 5.10 Å². The number of aromatic nitrogens is 3. The van der Waals surface area contributed by atoms with Gasteiger partial charge in [0.25, 0.3) is 0 Å². The van der Waals surface area contributed by atoms with Crippen molar-refractivity contribution in [2.45, 2.75) is 52.5 Å². The van der Waals surface area contributed by atoms with Crippen LogP contribution in [-0.2, 0) is 11.0 Å². The van der Waals surface area contributed by atoms with E-state index in [1.54, 1.807) is 0 Å². The normalized spacial score (nSPS) is 12.7. The smallest absolute Gasteiger partial charge is 0.195 e. The number of rotatable bonds is 1. The molecule has 0 amide bonds. The summed E-state index contributed by atoms with van der Waals surface area (Å²) in [5.74, 6) is 0.910. The van der Waals surface area contributed by atoms with Crippen LogP contribution in [0.3, 0.4) is 0 Å². The van der Waals surface area contributed by atoms with Crippen LogP contribution in [0.2, 0.25) is 0 Å². The van der Waals surface area contributed by atoms with Crippen LogP contribution in [0.4, 0.5) is 0 Å². The third-order valence-electron chi connectivity index (χ3n) is 3.32. The first kappa shape index (κ1) is 15.0. The molecule has 0 aliphatic rings. The Hall–Kier alpha value is -1.42. The fourth-order valence-electron chi connectivity index (χ4n) is 2.43. The molecule has 0 radical (unpaired) electrons. The van der Waals surface area contributed by atoms with E-state index >= 15 is 0 Å². The minimum atomic E-state index is -0.107. The predicted octanol–water partition coefficient (Wildman–Crippen LogP) is 4.66. The maximum absolute atomic E-state index is 5.40. The lowest BCUT2D eigenvalue weighted by Crippen LogP contribution is -2.24. The first-order valence-corrected chi connectivity index (χ1v) is 7.31. The second-order valence-corrected chi connectivity index (χ2v) is 7.54. The Morgan fingerprint density at radius 3 is 2.20 bits per heavy atom. The minimum absolute atomic E-state index is 0.0624. The average molecular weight is 289 g/mol. The lowest BCUT2D eigenvalue weighted by Gasteiger charge is -2.26. The van der Waals surface area contributed by atoms with E-state index in [1.165, 1.54) is 5.56 Å². The maximum atomic E-state index is 5.40. The largest absolute Gasteiger partial charge is 0.295 e. The van der Waals surface area contributed by atoms with Gasteiger partial charge < -0.3 is 0 Å². The molecule has 2 aromatic rings. The molecule has 20 heavy (non-hydrogen) atoms. The summed E-state index contributed by atoms with van der Waals surface area (Å²) in [4.78, 5) is 0. The van der Waals surface area contributed by atoms with E-state index in [2.05, 4.69) is 80.6 Å². The average Bonchev–Trinajstić information content (AvgIpc) is 2.69. The van der Waals surface area contributed by atoms with Gasteiger partial charge in [-0.1, -0.05) is 45.0 Å². The molecule has 108 valence electrons. The molecule has 0 saturated carbocycles. The summed E-state index contributed by atoms with van der Waals surface area (Å²) in [5.41, 5.74) is 2.37. The highest BCUT2D eigenvalue weighted by Gasteiger charge is 2.25. The summed E-state index contributed by atoms with van der Waals surface area (Å²) in [5, 5.41) is 7.41. The fourth-order valence-corrected chi connectivity index (χ4v) is 2.84. The molecule has 1 heterocycles. The first-order chi connectivity index (χ1) is 9.12. The highest BCUT2D eigenvalue weighted by atomic mass is 32.1. The van der Waals surface area contributed by atoms with Crippen molar-refractivity contribution in [3.63, 3.8) is 0 Å². The summed E-state index contributed by atoms with van der Waals surface area (Å²) in [7, 11) is 0. The Labute approximate surface area is 126 Å². The topological polar surface area (TPSA) is 33.6 Å². The van der Waals surface area contributed by atoms with Crippen LogP contribution in [0.15, 0.2) is 24.3 Å². The highest BCUT2D eigenvalue weighted by Crippen LogP contribution is 2.33. The van der Waals surface area contributed by atoms with Gasteiger partial charge in [-0.25, -0.2) is 0 Å². The van der Waals surface area contributed by atoms with Gasteiger partial charge in [0.15, 0.2) is 10.6 Å². The summed E-state index contributed by atoms with van der Waals surface area (Å²) >= 11 is 5.40. The highest BCUT2D eigenvalue weighted by molar-refractivity contribution is 7.71. The van der Waals surface area contributed by atoms with Gasteiger partial charge >= 0.3 is 0 Å². The van der Waals surface area contributed by atoms with Crippen molar-refractivity contribution < 1.29 is 0 Å². The molecule has 3 nitrogen and oxygen atoms in total.